The summed E-state index contributed by atoms with van der Waals surface area (Å²) in [5, 5.41) is 19.6. The van der Waals surface area contributed by atoms with Gasteiger partial charge in [0.05, 0.1) is 31.8 Å². The Bertz CT molecular complexity index is 303. The van der Waals surface area contributed by atoms with E-state index in [1.54, 1.807) is 0 Å². The highest BCUT2D eigenvalue weighted by Gasteiger charge is 2.29. The van der Waals surface area contributed by atoms with E-state index in [1.165, 1.54) is 103 Å². The van der Waals surface area contributed by atoms with Crippen molar-refractivity contribution < 1.29 is 19.7 Å². The van der Waals surface area contributed by atoms with Gasteiger partial charge in [0, 0.05) is 13.2 Å². The summed E-state index contributed by atoms with van der Waals surface area (Å²) in [6.45, 7) is 6.46. The zero-order valence-corrected chi connectivity index (χ0v) is 21.2. The van der Waals surface area contributed by atoms with Gasteiger partial charge in [0.15, 0.2) is 0 Å². The lowest BCUT2D eigenvalue weighted by Crippen LogP contribution is -2.40. The van der Waals surface area contributed by atoms with Gasteiger partial charge < -0.3 is 19.7 Å². The van der Waals surface area contributed by atoms with Gasteiger partial charge in [0.25, 0.3) is 0 Å². The second-order valence-corrected chi connectivity index (χ2v) is 9.58. The molecule has 0 saturated carbocycles. The van der Waals surface area contributed by atoms with Crippen LogP contribution in [0.25, 0.3) is 0 Å². The van der Waals surface area contributed by atoms with E-state index in [1.807, 2.05) is 0 Å². The molecule has 0 aromatic heterocycles. The smallest absolute Gasteiger partial charge is 0.0632 e. The van der Waals surface area contributed by atoms with Crippen molar-refractivity contribution in [3.63, 3.8) is 0 Å². The van der Waals surface area contributed by atoms with Crippen LogP contribution < -0.4 is 0 Å². The van der Waals surface area contributed by atoms with Crippen LogP contribution in [0.3, 0.4) is 0 Å². The number of aliphatic hydroxyl groups is 2. The SMILES string of the molecule is CCCCCCCCCCCOCC(CO)(CO)COCCCCCCCCCCC. The van der Waals surface area contributed by atoms with Crippen LogP contribution in [0.15, 0.2) is 0 Å². The Morgan fingerprint density at radius 2 is 0.742 bits per heavy atom. The molecule has 188 valence electrons. The summed E-state index contributed by atoms with van der Waals surface area (Å²) in [5.74, 6) is 0. The number of hydrogen-bond donors (Lipinski definition) is 2. The largest absolute Gasteiger partial charge is 0.396 e. The molecule has 4 nitrogen and oxygen atoms in total. The maximum Gasteiger partial charge on any atom is 0.0632 e. The maximum absolute atomic E-state index is 9.78. The summed E-state index contributed by atoms with van der Waals surface area (Å²) < 4.78 is 11.6. The van der Waals surface area contributed by atoms with Crippen molar-refractivity contribution in [2.45, 2.75) is 129 Å². The number of rotatable bonds is 26. The molecule has 0 saturated heterocycles. The second kappa shape index (κ2) is 24.5. The van der Waals surface area contributed by atoms with E-state index in [0.29, 0.717) is 26.4 Å². The van der Waals surface area contributed by atoms with Gasteiger partial charge in [-0.2, -0.15) is 0 Å². The topological polar surface area (TPSA) is 58.9 Å². The quantitative estimate of drug-likeness (QED) is 0.140. The molecule has 0 amide bonds. The molecule has 2 N–H and O–H groups in total. The molecule has 0 spiro atoms. The van der Waals surface area contributed by atoms with Gasteiger partial charge in [0.1, 0.15) is 0 Å². The molecule has 0 radical (unpaired) electrons. The molecule has 0 aliphatic carbocycles. The van der Waals surface area contributed by atoms with Crippen LogP contribution in [0.2, 0.25) is 0 Å². The molecular formula is C27H56O4. The minimum Gasteiger partial charge on any atom is -0.396 e. The molecule has 0 bridgehead atoms. The Labute approximate surface area is 194 Å². The summed E-state index contributed by atoms with van der Waals surface area (Å²) in [5.41, 5.74) is -0.668. The normalized spacial score (nSPS) is 12.0. The Balaban J connectivity index is 3.61. The zero-order valence-electron chi connectivity index (χ0n) is 21.2. The lowest BCUT2D eigenvalue weighted by molar-refractivity contribution is -0.0776. The Kier molecular flexibility index (Phi) is 24.4. The standard InChI is InChI=1S/C27H56O4/c1-3-5-7-9-11-13-15-17-19-21-30-25-27(23-28,24-29)26-31-22-20-18-16-14-12-10-8-6-4-2/h28-29H,3-26H2,1-2H3. The fraction of sp³-hybridized carbons (Fsp3) is 1.00. The van der Waals surface area contributed by atoms with E-state index in [2.05, 4.69) is 13.8 Å². The third kappa shape index (κ3) is 20.2. The fourth-order valence-corrected chi connectivity index (χ4v) is 3.88. The Hall–Kier alpha value is -0.160. The summed E-state index contributed by atoms with van der Waals surface area (Å²) >= 11 is 0. The van der Waals surface area contributed by atoms with E-state index < -0.39 is 5.41 Å². The highest BCUT2D eigenvalue weighted by molar-refractivity contribution is 4.77. The first kappa shape index (κ1) is 30.8. The monoisotopic (exact) mass is 444 g/mol. The van der Waals surface area contributed by atoms with Gasteiger partial charge in [0.2, 0.25) is 0 Å². The van der Waals surface area contributed by atoms with Crippen molar-refractivity contribution in [2.24, 2.45) is 5.41 Å². The molecule has 31 heavy (non-hydrogen) atoms. The van der Waals surface area contributed by atoms with Crippen LogP contribution in [0.4, 0.5) is 0 Å². The molecule has 0 aromatic rings. The van der Waals surface area contributed by atoms with E-state index in [0.717, 1.165) is 12.8 Å². The molecule has 4 heteroatoms. The van der Waals surface area contributed by atoms with Gasteiger partial charge in [-0.25, -0.2) is 0 Å². The molecular weight excluding hydrogens is 388 g/mol. The van der Waals surface area contributed by atoms with Crippen LogP contribution >= 0.6 is 0 Å². The van der Waals surface area contributed by atoms with Crippen LogP contribution in [-0.2, 0) is 9.47 Å². The van der Waals surface area contributed by atoms with Crippen molar-refractivity contribution in [1.29, 1.82) is 0 Å². The molecule has 0 atom stereocenters. The minimum absolute atomic E-state index is 0.0982. The van der Waals surface area contributed by atoms with Crippen molar-refractivity contribution in [2.75, 3.05) is 39.6 Å². The van der Waals surface area contributed by atoms with Crippen LogP contribution in [0, 0.1) is 5.41 Å². The minimum atomic E-state index is -0.668. The van der Waals surface area contributed by atoms with Crippen molar-refractivity contribution in [1.82, 2.24) is 0 Å². The average Bonchev–Trinajstić information content (AvgIpc) is 2.79. The van der Waals surface area contributed by atoms with Gasteiger partial charge in [-0.15, -0.1) is 0 Å². The lowest BCUT2D eigenvalue weighted by atomic mass is 9.92. The van der Waals surface area contributed by atoms with Crippen LogP contribution in [0.1, 0.15) is 129 Å². The molecule has 0 aliphatic rings. The molecule has 0 rings (SSSR count). The van der Waals surface area contributed by atoms with Crippen molar-refractivity contribution in [3.8, 4) is 0 Å². The number of ether oxygens (including phenoxy) is 2. The fourth-order valence-electron chi connectivity index (χ4n) is 3.88. The van der Waals surface area contributed by atoms with Gasteiger partial charge in [-0.1, -0.05) is 117 Å². The first-order chi connectivity index (χ1) is 15.2. The predicted octanol–water partition coefficient (Wildman–Crippen LogP) is 7.05. The van der Waals surface area contributed by atoms with E-state index in [4.69, 9.17) is 9.47 Å². The summed E-state index contributed by atoms with van der Waals surface area (Å²) in [7, 11) is 0. The lowest BCUT2D eigenvalue weighted by Gasteiger charge is -2.29. The maximum atomic E-state index is 9.78. The average molecular weight is 445 g/mol. The highest BCUT2D eigenvalue weighted by atomic mass is 16.5. The van der Waals surface area contributed by atoms with Crippen molar-refractivity contribution in [3.05, 3.63) is 0 Å². The summed E-state index contributed by atoms with van der Waals surface area (Å²) in [4.78, 5) is 0. The van der Waals surface area contributed by atoms with E-state index in [-0.39, 0.29) is 13.2 Å². The third-order valence-electron chi connectivity index (χ3n) is 6.27. The first-order valence-electron chi connectivity index (χ1n) is 13.6. The van der Waals surface area contributed by atoms with E-state index in [9.17, 15) is 10.2 Å². The molecule has 0 aromatic carbocycles. The summed E-state index contributed by atoms with van der Waals surface area (Å²) in [6.07, 6.45) is 23.3. The highest BCUT2D eigenvalue weighted by Crippen LogP contribution is 2.18. The first-order valence-corrected chi connectivity index (χ1v) is 13.6. The third-order valence-corrected chi connectivity index (χ3v) is 6.27. The number of hydrogen-bond acceptors (Lipinski definition) is 4. The van der Waals surface area contributed by atoms with Crippen molar-refractivity contribution >= 4 is 0 Å². The number of aliphatic hydroxyl groups excluding tert-OH is 2. The van der Waals surface area contributed by atoms with Gasteiger partial charge >= 0.3 is 0 Å². The van der Waals surface area contributed by atoms with Gasteiger partial charge in [-0.3, -0.25) is 0 Å². The zero-order chi connectivity index (χ0) is 22.9. The molecule has 0 unspecified atom stereocenters. The number of unbranched alkanes of at least 4 members (excludes halogenated alkanes) is 16. The predicted molar refractivity (Wildman–Crippen MR) is 133 cm³/mol. The Morgan fingerprint density at radius 3 is 1.03 bits per heavy atom. The van der Waals surface area contributed by atoms with E-state index >= 15 is 0 Å². The Morgan fingerprint density at radius 1 is 0.452 bits per heavy atom. The molecule has 0 fully saturated rings. The van der Waals surface area contributed by atoms with Gasteiger partial charge in [-0.05, 0) is 12.8 Å². The molecule has 0 heterocycles. The van der Waals surface area contributed by atoms with Crippen LogP contribution in [0.5, 0.6) is 0 Å². The molecule has 0 aliphatic heterocycles. The van der Waals surface area contributed by atoms with Crippen LogP contribution in [-0.4, -0.2) is 49.9 Å². The summed E-state index contributed by atoms with van der Waals surface area (Å²) in [6, 6.07) is 0. The second-order valence-electron chi connectivity index (χ2n) is 9.58.